The predicted molar refractivity (Wildman–Crippen MR) is 212 cm³/mol. The number of amides is 1. The number of carbonyl (C=O) groups is 3. The smallest absolute Gasteiger partial charge is 0.328 e. The second-order valence-electron chi connectivity index (χ2n) is 15.6. The number of piperidine rings is 1. The predicted octanol–water partition coefficient (Wildman–Crippen LogP) is 7.79. The Morgan fingerprint density at radius 2 is 1.15 bits per heavy atom. The molecule has 0 saturated carbocycles. The summed E-state index contributed by atoms with van der Waals surface area (Å²) in [5, 5.41) is 0. The summed E-state index contributed by atoms with van der Waals surface area (Å²) in [7, 11) is 1.95. The topological polar surface area (TPSA) is 131 Å². The van der Waals surface area contributed by atoms with Crippen LogP contribution in [0.4, 0.5) is 0 Å². The number of carbonyl (C=O) groups excluding carboxylic acids is 3. The highest BCUT2D eigenvalue weighted by Crippen LogP contribution is 2.33. The lowest BCUT2D eigenvalue weighted by molar-refractivity contribution is -0.158. The maximum atomic E-state index is 13.2. The van der Waals surface area contributed by atoms with Gasteiger partial charge in [-0.15, -0.1) is 0 Å². The summed E-state index contributed by atoms with van der Waals surface area (Å²) < 4.78 is 13.1. The van der Waals surface area contributed by atoms with E-state index in [0.717, 1.165) is 38.5 Å². The first-order chi connectivity index (χ1) is 25.7. The molecule has 0 bridgehead atoms. The molecule has 0 spiro atoms. The van der Waals surface area contributed by atoms with Crippen molar-refractivity contribution in [3.8, 4) is 0 Å². The molecule has 1 amide bonds. The molecule has 0 atom stereocenters. The molecule has 2 rings (SSSR count). The van der Waals surface area contributed by atoms with Gasteiger partial charge in [0.15, 0.2) is 0 Å². The van der Waals surface area contributed by atoms with Gasteiger partial charge in [-0.3, -0.25) is 24.2 Å². The minimum atomic E-state index is -0.490. The summed E-state index contributed by atoms with van der Waals surface area (Å²) in [4.78, 5) is 68.1. The number of H-pyrrole nitrogens is 1. The number of esters is 2. The first kappa shape index (κ1) is 46.2. The highest BCUT2D eigenvalue weighted by Gasteiger charge is 2.38. The van der Waals surface area contributed by atoms with Gasteiger partial charge in [-0.1, -0.05) is 117 Å². The van der Waals surface area contributed by atoms with Crippen molar-refractivity contribution in [3.05, 3.63) is 33.1 Å². The number of rotatable bonds is 31. The van der Waals surface area contributed by atoms with Crippen LogP contribution in [0.15, 0.2) is 21.9 Å². The Balaban J connectivity index is 1.77. The van der Waals surface area contributed by atoms with E-state index in [2.05, 4.69) is 23.7 Å². The summed E-state index contributed by atoms with van der Waals surface area (Å²) in [5.41, 5.74) is -1.32. The van der Waals surface area contributed by atoms with Crippen LogP contribution in [-0.2, 0) is 30.4 Å². The lowest BCUT2D eigenvalue weighted by Crippen LogP contribution is -2.48. The second kappa shape index (κ2) is 28.5. The minimum absolute atomic E-state index is 0.0759. The van der Waals surface area contributed by atoms with Crippen LogP contribution < -0.4 is 11.2 Å². The lowest BCUT2D eigenvalue weighted by atomic mass is 9.79. The van der Waals surface area contributed by atoms with Crippen molar-refractivity contribution in [1.29, 1.82) is 0 Å². The molecule has 2 heterocycles. The molecule has 1 saturated heterocycles. The van der Waals surface area contributed by atoms with E-state index in [-0.39, 0.29) is 31.1 Å². The molecule has 53 heavy (non-hydrogen) atoms. The normalized spacial score (nSPS) is 14.1. The van der Waals surface area contributed by atoms with E-state index in [4.69, 9.17) is 9.47 Å². The highest BCUT2D eigenvalue weighted by atomic mass is 16.5. The van der Waals surface area contributed by atoms with Gasteiger partial charge in [0.2, 0.25) is 5.91 Å². The second-order valence-corrected chi connectivity index (χ2v) is 15.6. The fraction of sp³-hybridized carbons (Fsp3) is 0.833. The van der Waals surface area contributed by atoms with Gasteiger partial charge in [0.25, 0.3) is 5.56 Å². The van der Waals surface area contributed by atoms with E-state index in [0.29, 0.717) is 71.2 Å². The van der Waals surface area contributed by atoms with Crippen molar-refractivity contribution in [1.82, 2.24) is 19.4 Å². The molecule has 11 heteroatoms. The van der Waals surface area contributed by atoms with Crippen molar-refractivity contribution in [2.75, 3.05) is 46.4 Å². The van der Waals surface area contributed by atoms with Gasteiger partial charge < -0.3 is 23.8 Å². The third-order valence-electron chi connectivity index (χ3n) is 10.8. The number of aromatic nitrogens is 2. The van der Waals surface area contributed by atoms with Crippen molar-refractivity contribution in [2.24, 2.45) is 5.41 Å². The number of likely N-dealkylation sites (tertiary alicyclic amines) is 1. The highest BCUT2D eigenvalue weighted by molar-refractivity contribution is 5.76. The number of hydrogen-bond donors (Lipinski definition) is 1. The Kier molecular flexibility index (Phi) is 24.8. The first-order valence-electron chi connectivity index (χ1n) is 21.3. The molecular formula is C42H74N4O7. The van der Waals surface area contributed by atoms with E-state index < -0.39 is 16.7 Å². The van der Waals surface area contributed by atoms with E-state index in [9.17, 15) is 24.0 Å². The summed E-state index contributed by atoms with van der Waals surface area (Å²) in [6.45, 7) is 7.71. The molecule has 1 aromatic heterocycles. The monoisotopic (exact) mass is 747 g/mol. The standard InChI is InChI=1S/C42H74N4O7/c1-4-6-8-10-12-14-16-18-20-23-39(49)52-35-42(36-53-40(50)24-21-19-17-15-13-11-9-7-5-2)27-33-45(34-28-42)38(48)26-31-44(3)29-22-30-46-32-25-37(47)43-41(46)51/h25,32H,4-24,26-31,33-36H2,1-3H3,(H,43,47,51). The van der Waals surface area contributed by atoms with E-state index in [1.807, 2.05) is 11.9 Å². The van der Waals surface area contributed by atoms with Gasteiger partial charge in [-0.05, 0) is 45.7 Å². The maximum absolute atomic E-state index is 13.2. The number of nitrogens with one attached hydrogen (secondary N) is 1. The van der Waals surface area contributed by atoms with Gasteiger partial charge in [0, 0.05) is 63.1 Å². The summed E-state index contributed by atoms with van der Waals surface area (Å²) in [6.07, 6.45) is 26.0. The molecule has 304 valence electrons. The molecule has 1 aromatic rings. The largest absolute Gasteiger partial charge is 0.465 e. The minimum Gasteiger partial charge on any atom is -0.465 e. The number of nitrogens with zero attached hydrogens (tertiary/aromatic N) is 3. The Labute approximate surface area is 319 Å². The zero-order valence-corrected chi connectivity index (χ0v) is 33.8. The molecule has 0 aliphatic carbocycles. The Morgan fingerprint density at radius 1 is 0.679 bits per heavy atom. The number of aryl methyl sites for hydroxylation is 1. The van der Waals surface area contributed by atoms with Gasteiger partial charge in [-0.25, -0.2) is 4.79 Å². The van der Waals surface area contributed by atoms with Crippen molar-refractivity contribution in [2.45, 2.75) is 174 Å². The number of ether oxygens (including phenoxy) is 2. The van der Waals surface area contributed by atoms with E-state index in [1.54, 1.807) is 0 Å². The zero-order chi connectivity index (χ0) is 38.6. The Bertz CT molecular complexity index is 1210. The molecule has 0 aromatic carbocycles. The molecule has 1 fully saturated rings. The van der Waals surface area contributed by atoms with Crippen LogP contribution in [0.25, 0.3) is 0 Å². The van der Waals surface area contributed by atoms with Gasteiger partial charge >= 0.3 is 17.6 Å². The third-order valence-corrected chi connectivity index (χ3v) is 10.8. The van der Waals surface area contributed by atoms with Crippen molar-refractivity contribution < 1.29 is 23.9 Å². The number of aromatic amines is 1. The first-order valence-corrected chi connectivity index (χ1v) is 21.3. The fourth-order valence-corrected chi connectivity index (χ4v) is 7.02. The summed E-state index contributed by atoms with van der Waals surface area (Å²) in [6, 6.07) is 1.34. The Morgan fingerprint density at radius 3 is 1.62 bits per heavy atom. The van der Waals surface area contributed by atoms with Gasteiger partial charge in [0.1, 0.15) is 13.2 Å². The average molecular weight is 747 g/mol. The number of hydrogen-bond acceptors (Lipinski definition) is 8. The maximum Gasteiger partial charge on any atom is 0.328 e. The van der Waals surface area contributed by atoms with Crippen LogP contribution in [-0.4, -0.2) is 83.6 Å². The van der Waals surface area contributed by atoms with Crippen LogP contribution in [0.3, 0.4) is 0 Å². The van der Waals surface area contributed by atoms with Gasteiger partial charge in [0.05, 0.1) is 0 Å². The van der Waals surface area contributed by atoms with E-state index >= 15 is 0 Å². The SMILES string of the molecule is CCCCCCCCCCCC(=O)OCC1(COC(=O)CCCCCCCCCCC)CCN(C(=O)CCN(C)CCCn2ccc(=O)[nH]c2=O)CC1. The molecule has 11 nitrogen and oxygen atoms in total. The molecular weight excluding hydrogens is 672 g/mol. The van der Waals surface area contributed by atoms with Gasteiger partial charge in [-0.2, -0.15) is 0 Å². The molecule has 0 unspecified atom stereocenters. The molecule has 1 N–H and O–H groups in total. The van der Waals surface area contributed by atoms with Crippen LogP contribution in [0.1, 0.15) is 168 Å². The van der Waals surface area contributed by atoms with Crippen LogP contribution in [0, 0.1) is 5.41 Å². The third kappa shape index (κ3) is 21.5. The molecule has 0 radical (unpaired) electrons. The van der Waals surface area contributed by atoms with Crippen LogP contribution >= 0.6 is 0 Å². The summed E-state index contributed by atoms with van der Waals surface area (Å²) in [5.74, 6) is -0.312. The van der Waals surface area contributed by atoms with Crippen LogP contribution in [0.2, 0.25) is 0 Å². The van der Waals surface area contributed by atoms with Crippen molar-refractivity contribution >= 4 is 17.8 Å². The quantitative estimate of drug-likeness (QED) is 0.0602. The zero-order valence-electron chi connectivity index (χ0n) is 33.8. The number of unbranched alkanes of at least 4 members (excludes halogenated alkanes) is 16. The van der Waals surface area contributed by atoms with Crippen LogP contribution in [0.5, 0.6) is 0 Å². The summed E-state index contributed by atoms with van der Waals surface area (Å²) >= 11 is 0. The molecule has 1 aliphatic rings. The lowest BCUT2D eigenvalue weighted by Gasteiger charge is -2.41. The van der Waals surface area contributed by atoms with Crippen molar-refractivity contribution in [3.63, 3.8) is 0 Å². The fourth-order valence-electron chi connectivity index (χ4n) is 7.02. The van der Waals surface area contributed by atoms with E-state index in [1.165, 1.54) is 93.9 Å². The molecule has 1 aliphatic heterocycles. The average Bonchev–Trinajstić information content (AvgIpc) is 3.15. The Hall–Kier alpha value is -2.95.